The molecule has 1 N–H and O–H groups in total. The number of nitrogens with one attached hydrogen (secondary N) is 1. The second-order valence-corrected chi connectivity index (χ2v) is 7.31. The molecule has 1 unspecified atom stereocenters. The topological polar surface area (TPSA) is 46.9 Å². The van der Waals surface area contributed by atoms with Crippen molar-refractivity contribution >= 4 is 12.0 Å². The van der Waals surface area contributed by atoms with Crippen molar-refractivity contribution in [2.75, 3.05) is 0 Å². The van der Waals surface area contributed by atoms with Gasteiger partial charge < -0.3 is 5.32 Å². The fraction of sp³-hybridized carbons (Fsp3) is 0.250. The summed E-state index contributed by atoms with van der Waals surface area (Å²) >= 11 is 0. The Bertz CT molecular complexity index is 956. The number of carbonyl (C=O) groups is 1. The molecule has 0 fully saturated rings. The molecular formula is C24H27N3O. The zero-order valence-electron chi connectivity index (χ0n) is 16.9. The number of hydrogen-bond donors (Lipinski definition) is 1. The molecule has 144 valence electrons. The van der Waals surface area contributed by atoms with Crippen molar-refractivity contribution in [2.45, 2.75) is 33.7 Å². The van der Waals surface area contributed by atoms with Gasteiger partial charge in [-0.2, -0.15) is 5.10 Å². The Morgan fingerprint density at radius 1 is 1.00 bits per heavy atom. The van der Waals surface area contributed by atoms with E-state index in [1.165, 1.54) is 0 Å². The second-order valence-electron chi connectivity index (χ2n) is 7.31. The first-order chi connectivity index (χ1) is 13.5. The smallest absolute Gasteiger partial charge is 0.244 e. The van der Waals surface area contributed by atoms with Crippen LogP contribution in [0.25, 0.3) is 11.8 Å². The highest BCUT2D eigenvalue weighted by Gasteiger charge is 2.17. The summed E-state index contributed by atoms with van der Waals surface area (Å²) in [5, 5.41) is 7.76. The summed E-state index contributed by atoms with van der Waals surface area (Å²) in [7, 11) is 0. The van der Waals surface area contributed by atoms with Crippen LogP contribution in [0.3, 0.4) is 0 Å². The molecule has 0 aliphatic carbocycles. The molecule has 4 heteroatoms. The van der Waals surface area contributed by atoms with E-state index in [0.29, 0.717) is 5.92 Å². The number of rotatable bonds is 6. The van der Waals surface area contributed by atoms with E-state index in [0.717, 1.165) is 28.2 Å². The van der Waals surface area contributed by atoms with Gasteiger partial charge in [0.15, 0.2) is 0 Å². The first-order valence-corrected chi connectivity index (χ1v) is 9.62. The summed E-state index contributed by atoms with van der Waals surface area (Å²) in [6.07, 6.45) is 3.46. The van der Waals surface area contributed by atoms with Gasteiger partial charge in [0.2, 0.25) is 5.91 Å². The van der Waals surface area contributed by atoms with Gasteiger partial charge >= 0.3 is 0 Å². The summed E-state index contributed by atoms with van der Waals surface area (Å²) in [5.41, 5.74) is 5.00. The Balaban J connectivity index is 1.78. The molecule has 2 aromatic carbocycles. The van der Waals surface area contributed by atoms with Gasteiger partial charge in [-0.3, -0.25) is 4.79 Å². The highest BCUT2D eigenvalue weighted by molar-refractivity contribution is 5.92. The van der Waals surface area contributed by atoms with Crippen molar-refractivity contribution in [3.05, 3.63) is 89.3 Å². The maximum absolute atomic E-state index is 12.6. The van der Waals surface area contributed by atoms with E-state index in [-0.39, 0.29) is 11.9 Å². The molecule has 3 rings (SSSR count). The van der Waals surface area contributed by atoms with Gasteiger partial charge in [-0.25, -0.2) is 4.68 Å². The molecule has 3 aromatic rings. The van der Waals surface area contributed by atoms with Crippen LogP contribution in [0.2, 0.25) is 0 Å². The number of para-hydroxylation sites is 1. The Hall–Kier alpha value is -3.14. The first kappa shape index (κ1) is 19.6. The Kier molecular flexibility index (Phi) is 6.09. The van der Waals surface area contributed by atoms with Crippen LogP contribution in [0.15, 0.2) is 66.7 Å². The molecule has 0 bridgehead atoms. The van der Waals surface area contributed by atoms with Crippen LogP contribution in [0, 0.1) is 19.8 Å². The van der Waals surface area contributed by atoms with Crippen LogP contribution in [0.4, 0.5) is 0 Å². The predicted octanol–water partition coefficient (Wildman–Crippen LogP) is 5.02. The van der Waals surface area contributed by atoms with Crippen molar-refractivity contribution in [2.24, 2.45) is 5.92 Å². The van der Waals surface area contributed by atoms with Gasteiger partial charge in [0.05, 0.1) is 17.4 Å². The largest absolute Gasteiger partial charge is 0.345 e. The van der Waals surface area contributed by atoms with Gasteiger partial charge in [0.1, 0.15) is 0 Å². The normalized spacial score (nSPS) is 12.5. The number of aryl methyl sites for hydroxylation is 1. The molecule has 0 radical (unpaired) electrons. The monoisotopic (exact) mass is 373 g/mol. The Morgan fingerprint density at radius 2 is 1.61 bits per heavy atom. The second kappa shape index (κ2) is 8.70. The number of aromatic nitrogens is 2. The summed E-state index contributed by atoms with van der Waals surface area (Å²) in [6.45, 7) is 8.20. The Labute approximate surface area is 166 Å². The lowest BCUT2D eigenvalue weighted by Gasteiger charge is -2.22. The molecule has 1 heterocycles. The van der Waals surface area contributed by atoms with E-state index in [1.54, 1.807) is 6.08 Å². The SMILES string of the molecule is Cc1nn(-c2ccccc2)c(C)c1/C=C/C(=O)NC(c1ccccc1)C(C)C. The Morgan fingerprint density at radius 3 is 2.21 bits per heavy atom. The third-order valence-electron chi connectivity index (χ3n) is 4.87. The molecule has 0 spiro atoms. The average Bonchev–Trinajstić information content (AvgIpc) is 2.99. The standard InChI is InChI=1S/C24H27N3O/c1-17(2)24(20-11-7-5-8-12-20)25-23(28)16-15-22-18(3)26-27(19(22)4)21-13-9-6-10-14-21/h5-17,24H,1-4H3,(H,25,28)/b16-15+. The molecular weight excluding hydrogens is 346 g/mol. The number of hydrogen-bond acceptors (Lipinski definition) is 2. The predicted molar refractivity (Wildman–Crippen MR) is 114 cm³/mol. The van der Waals surface area contributed by atoms with Crippen LogP contribution in [-0.2, 0) is 4.79 Å². The van der Waals surface area contributed by atoms with E-state index < -0.39 is 0 Å². The average molecular weight is 374 g/mol. The van der Waals surface area contributed by atoms with Crippen LogP contribution < -0.4 is 5.32 Å². The molecule has 0 aliphatic rings. The minimum atomic E-state index is -0.103. The number of carbonyl (C=O) groups excluding carboxylic acids is 1. The quantitative estimate of drug-likeness (QED) is 0.617. The van der Waals surface area contributed by atoms with E-state index in [9.17, 15) is 4.79 Å². The van der Waals surface area contributed by atoms with Crippen molar-refractivity contribution in [3.8, 4) is 5.69 Å². The molecule has 0 saturated carbocycles. The highest BCUT2D eigenvalue weighted by atomic mass is 16.1. The van der Waals surface area contributed by atoms with E-state index >= 15 is 0 Å². The summed E-state index contributed by atoms with van der Waals surface area (Å²) in [6, 6.07) is 20.1. The molecule has 1 aromatic heterocycles. The van der Waals surface area contributed by atoms with Gasteiger partial charge in [-0.05, 0) is 43.5 Å². The van der Waals surface area contributed by atoms with Crippen LogP contribution >= 0.6 is 0 Å². The minimum Gasteiger partial charge on any atom is -0.345 e. The lowest BCUT2D eigenvalue weighted by Crippen LogP contribution is -2.30. The third kappa shape index (κ3) is 4.39. The molecule has 28 heavy (non-hydrogen) atoms. The number of amides is 1. The fourth-order valence-corrected chi connectivity index (χ4v) is 3.37. The lowest BCUT2D eigenvalue weighted by molar-refractivity contribution is -0.117. The number of nitrogens with zero attached hydrogens (tertiary/aromatic N) is 2. The molecule has 1 amide bonds. The summed E-state index contributed by atoms with van der Waals surface area (Å²) in [4.78, 5) is 12.6. The molecule has 0 saturated heterocycles. The van der Waals surface area contributed by atoms with Crippen molar-refractivity contribution in [1.82, 2.24) is 15.1 Å². The summed E-state index contributed by atoms with van der Waals surface area (Å²) < 4.78 is 1.91. The zero-order chi connectivity index (χ0) is 20.1. The minimum absolute atomic E-state index is 0.0208. The molecule has 1 atom stereocenters. The van der Waals surface area contributed by atoms with Crippen molar-refractivity contribution in [1.29, 1.82) is 0 Å². The zero-order valence-corrected chi connectivity index (χ0v) is 16.9. The van der Waals surface area contributed by atoms with E-state index in [2.05, 4.69) is 24.3 Å². The van der Waals surface area contributed by atoms with Crippen LogP contribution in [-0.4, -0.2) is 15.7 Å². The van der Waals surface area contributed by atoms with E-state index in [1.807, 2.05) is 85.3 Å². The van der Waals surface area contributed by atoms with Gasteiger partial charge in [0, 0.05) is 17.3 Å². The number of benzene rings is 2. The maximum atomic E-state index is 12.6. The van der Waals surface area contributed by atoms with Gasteiger partial charge in [-0.15, -0.1) is 0 Å². The van der Waals surface area contributed by atoms with Gasteiger partial charge in [-0.1, -0.05) is 62.4 Å². The highest BCUT2D eigenvalue weighted by Crippen LogP contribution is 2.22. The molecule has 0 aliphatic heterocycles. The fourth-order valence-electron chi connectivity index (χ4n) is 3.37. The van der Waals surface area contributed by atoms with Gasteiger partial charge in [0.25, 0.3) is 0 Å². The lowest BCUT2D eigenvalue weighted by atomic mass is 9.96. The third-order valence-corrected chi connectivity index (χ3v) is 4.87. The summed E-state index contributed by atoms with van der Waals surface area (Å²) in [5.74, 6) is 0.192. The molecule has 4 nitrogen and oxygen atoms in total. The maximum Gasteiger partial charge on any atom is 0.244 e. The van der Waals surface area contributed by atoms with Crippen LogP contribution in [0.5, 0.6) is 0 Å². The van der Waals surface area contributed by atoms with E-state index in [4.69, 9.17) is 0 Å². The van der Waals surface area contributed by atoms with Crippen LogP contribution in [0.1, 0.15) is 42.4 Å². The van der Waals surface area contributed by atoms with Crippen molar-refractivity contribution < 1.29 is 4.79 Å². The van der Waals surface area contributed by atoms with Crippen molar-refractivity contribution in [3.63, 3.8) is 0 Å². The first-order valence-electron chi connectivity index (χ1n) is 9.62.